The summed E-state index contributed by atoms with van der Waals surface area (Å²) in [4.78, 5) is 13.5. The number of carbonyl (C=O) groups excluding carboxylic acids is 1. The van der Waals surface area contributed by atoms with Gasteiger partial charge in [0.1, 0.15) is 23.1 Å². The maximum Gasteiger partial charge on any atom is 0.244 e. The second-order valence-corrected chi connectivity index (χ2v) is 10.3. The van der Waals surface area contributed by atoms with Crippen molar-refractivity contribution in [3.05, 3.63) is 54.1 Å². The van der Waals surface area contributed by atoms with Gasteiger partial charge in [0.25, 0.3) is 0 Å². The fraction of sp³-hybridized carbons (Fsp3) is 0.480. The molecule has 0 saturated carbocycles. The van der Waals surface area contributed by atoms with E-state index in [1.165, 1.54) is 4.31 Å². The van der Waals surface area contributed by atoms with Crippen LogP contribution < -0.4 is 19.1 Å². The Morgan fingerprint density at radius 3 is 2.33 bits per heavy atom. The normalized spacial score (nSPS) is 17.9. The van der Waals surface area contributed by atoms with Crippen LogP contribution in [-0.2, 0) is 14.8 Å². The molecule has 0 spiro atoms. The second-order valence-electron chi connectivity index (χ2n) is 8.48. The quantitative estimate of drug-likeness (QED) is 0.581. The lowest BCUT2D eigenvalue weighted by Gasteiger charge is -2.42. The highest BCUT2D eigenvalue weighted by Gasteiger charge is 2.40. The Labute approximate surface area is 197 Å². The van der Waals surface area contributed by atoms with Gasteiger partial charge in [0.05, 0.1) is 25.1 Å². The fourth-order valence-corrected chi connectivity index (χ4v) is 5.70. The van der Waals surface area contributed by atoms with Crippen molar-refractivity contribution in [1.82, 2.24) is 5.32 Å². The molecule has 2 aromatic carbocycles. The molecule has 0 saturated heterocycles. The van der Waals surface area contributed by atoms with Gasteiger partial charge in [0, 0.05) is 12.0 Å². The van der Waals surface area contributed by atoms with Gasteiger partial charge in [-0.25, -0.2) is 8.42 Å². The summed E-state index contributed by atoms with van der Waals surface area (Å²) in [7, 11) is -2.17. The van der Waals surface area contributed by atoms with E-state index in [1.54, 1.807) is 31.4 Å². The molecule has 3 rings (SSSR count). The zero-order valence-electron chi connectivity index (χ0n) is 20.0. The molecular weight excluding hydrogens is 440 g/mol. The molecule has 1 amide bonds. The average molecular weight is 475 g/mol. The first-order chi connectivity index (χ1) is 15.7. The van der Waals surface area contributed by atoms with E-state index in [0.29, 0.717) is 24.3 Å². The van der Waals surface area contributed by atoms with Gasteiger partial charge >= 0.3 is 0 Å². The number of sulfonamides is 1. The molecule has 1 heterocycles. The molecule has 2 unspecified atom stereocenters. The number of anilines is 1. The van der Waals surface area contributed by atoms with Crippen molar-refractivity contribution in [2.24, 2.45) is 0 Å². The number of hydrogen-bond donors (Lipinski definition) is 1. The number of methoxy groups -OCH3 is 1. The molecule has 0 bridgehead atoms. The Bertz CT molecular complexity index is 1060. The zero-order chi connectivity index (χ0) is 24.2. The van der Waals surface area contributed by atoms with Crippen molar-refractivity contribution in [2.75, 3.05) is 17.7 Å². The Morgan fingerprint density at radius 1 is 1.15 bits per heavy atom. The number of hydrogen-bond acceptors (Lipinski definition) is 5. The molecule has 33 heavy (non-hydrogen) atoms. The highest BCUT2D eigenvalue weighted by Crippen LogP contribution is 2.42. The minimum absolute atomic E-state index is 0.270. The number of rotatable bonds is 9. The maximum atomic E-state index is 13.5. The van der Waals surface area contributed by atoms with Gasteiger partial charge in [-0.05, 0) is 49.6 Å². The van der Waals surface area contributed by atoms with Crippen molar-refractivity contribution < 1.29 is 22.7 Å². The highest BCUT2D eigenvalue weighted by atomic mass is 32.2. The van der Waals surface area contributed by atoms with Crippen LogP contribution >= 0.6 is 0 Å². The first-order valence-corrected chi connectivity index (χ1v) is 13.2. The molecule has 2 aromatic rings. The van der Waals surface area contributed by atoms with E-state index < -0.39 is 16.1 Å². The van der Waals surface area contributed by atoms with Crippen molar-refractivity contribution in [1.29, 1.82) is 0 Å². The third-order valence-electron chi connectivity index (χ3n) is 6.46. The monoisotopic (exact) mass is 474 g/mol. The minimum Gasteiger partial charge on any atom is -0.497 e. The molecule has 1 aliphatic rings. The molecule has 0 fully saturated rings. The van der Waals surface area contributed by atoms with Gasteiger partial charge in [0.15, 0.2) is 0 Å². The predicted octanol–water partition coefficient (Wildman–Crippen LogP) is 4.44. The number of fused-ring (bicyclic) bond motifs is 1. The number of carbonyl (C=O) groups is 1. The Hall–Kier alpha value is -2.74. The molecule has 180 valence electrons. The van der Waals surface area contributed by atoms with Crippen molar-refractivity contribution in [2.45, 2.75) is 64.1 Å². The Balaban J connectivity index is 1.94. The van der Waals surface area contributed by atoms with Crippen LogP contribution in [0.2, 0.25) is 0 Å². The number of ether oxygens (including phenoxy) is 2. The van der Waals surface area contributed by atoms with Crippen molar-refractivity contribution >= 4 is 21.6 Å². The highest BCUT2D eigenvalue weighted by molar-refractivity contribution is 7.92. The molecule has 1 N–H and O–H groups in total. The number of benzene rings is 2. The lowest BCUT2D eigenvalue weighted by molar-refractivity contribution is -0.123. The summed E-state index contributed by atoms with van der Waals surface area (Å²) in [5.41, 5.74) is 0.957. The van der Waals surface area contributed by atoms with Crippen molar-refractivity contribution in [3.8, 4) is 11.5 Å². The summed E-state index contributed by atoms with van der Waals surface area (Å²) < 4.78 is 38.3. The van der Waals surface area contributed by atoms with Gasteiger partial charge < -0.3 is 14.8 Å². The van der Waals surface area contributed by atoms with Gasteiger partial charge in [-0.2, -0.15) is 0 Å². The lowest BCUT2D eigenvalue weighted by atomic mass is 9.83. The van der Waals surface area contributed by atoms with E-state index in [9.17, 15) is 13.2 Å². The van der Waals surface area contributed by atoms with Crippen LogP contribution in [0.1, 0.15) is 58.1 Å². The summed E-state index contributed by atoms with van der Waals surface area (Å²) in [6.07, 6.45) is 3.69. The third-order valence-corrected chi connectivity index (χ3v) is 7.64. The van der Waals surface area contributed by atoms with Crippen LogP contribution in [0.25, 0.3) is 0 Å². The van der Waals surface area contributed by atoms with E-state index in [-0.39, 0.29) is 17.6 Å². The van der Waals surface area contributed by atoms with Gasteiger partial charge in [-0.3, -0.25) is 9.10 Å². The van der Waals surface area contributed by atoms with E-state index >= 15 is 0 Å². The molecule has 7 nitrogen and oxygen atoms in total. The van der Waals surface area contributed by atoms with Crippen LogP contribution in [0.15, 0.2) is 48.5 Å². The Morgan fingerprint density at radius 2 is 1.79 bits per heavy atom. The molecule has 0 radical (unpaired) electrons. The molecular formula is C25H34N2O5S. The topological polar surface area (TPSA) is 84.9 Å². The van der Waals surface area contributed by atoms with Gasteiger partial charge in [-0.15, -0.1) is 0 Å². The van der Waals surface area contributed by atoms with Crippen LogP contribution in [-0.4, -0.2) is 39.3 Å². The van der Waals surface area contributed by atoms with Crippen LogP contribution in [0.5, 0.6) is 11.5 Å². The number of nitrogens with one attached hydrogen (secondary N) is 1. The smallest absolute Gasteiger partial charge is 0.244 e. The number of nitrogens with zero attached hydrogens (tertiary/aromatic N) is 1. The van der Waals surface area contributed by atoms with Crippen molar-refractivity contribution in [3.63, 3.8) is 0 Å². The van der Waals surface area contributed by atoms with Crippen LogP contribution in [0, 0.1) is 0 Å². The Kier molecular flexibility index (Phi) is 7.57. The molecule has 2 atom stereocenters. The predicted molar refractivity (Wildman–Crippen MR) is 130 cm³/mol. The summed E-state index contributed by atoms with van der Waals surface area (Å²) in [6.45, 7) is 5.98. The summed E-state index contributed by atoms with van der Waals surface area (Å²) >= 11 is 0. The van der Waals surface area contributed by atoms with Gasteiger partial charge in [-0.1, -0.05) is 39.0 Å². The summed E-state index contributed by atoms with van der Waals surface area (Å²) in [6, 6.07) is 13.2. The third kappa shape index (κ3) is 5.27. The first-order valence-electron chi connectivity index (χ1n) is 11.4. The van der Waals surface area contributed by atoms with Crippen LogP contribution in [0.4, 0.5) is 5.69 Å². The van der Waals surface area contributed by atoms with Crippen LogP contribution in [0.3, 0.4) is 0 Å². The SMILES string of the molecule is CCC(C(=O)NC1CC(CC)(CC)Oc2ccccc21)N(c1ccc(OC)cc1)S(C)(=O)=O. The largest absolute Gasteiger partial charge is 0.497 e. The average Bonchev–Trinajstić information content (AvgIpc) is 2.81. The van der Waals surface area contributed by atoms with Gasteiger partial charge in [0.2, 0.25) is 15.9 Å². The standard InChI is InChI=1S/C25H34N2O5S/c1-6-22(27(33(5,29)30)18-13-15-19(31-4)16-14-18)24(28)26-21-17-25(7-2,8-3)32-23-12-10-9-11-20(21)23/h9-16,21-22H,6-8,17H2,1-5H3,(H,26,28). The lowest BCUT2D eigenvalue weighted by Crippen LogP contribution is -2.52. The van der Waals surface area contributed by atoms with E-state index in [2.05, 4.69) is 19.2 Å². The zero-order valence-corrected chi connectivity index (χ0v) is 20.8. The maximum absolute atomic E-state index is 13.5. The minimum atomic E-state index is -3.72. The number of para-hydroxylation sites is 1. The second kappa shape index (κ2) is 10.0. The summed E-state index contributed by atoms with van der Waals surface area (Å²) in [5, 5.41) is 3.14. The molecule has 8 heteroatoms. The molecule has 1 aliphatic heterocycles. The van der Waals surface area contributed by atoms with E-state index in [0.717, 1.165) is 30.4 Å². The summed E-state index contributed by atoms with van der Waals surface area (Å²) in [5.74, 6) is 1.04. The van der Waals surface area contributed by atoms with E-state index in [1.807, 2.05) is 31.2 Å². The first kappa shape index (κ1) is 24.9. The molecule has 0 aromatic heterocycles. The fourth-order valence-electron chi connectivity index (χ4n) is 4.49. The molecule has 0 aliphatic carbocycles. The van der Waals surface area contributed by atoms with E-state index in [4.69, 9.17) is 9.47 Å². The number of amides is 1.